The van der Waals surface area contributed by atoms with E-state index in [4.69, 9.17) is 9.26 Å². The second-order valence-electron chi connectivity index (χ2n) is 4.97. The number of nitrogens with one attached hydrogen (secondary N) is 1. The van der Waals surface area contributed by atoms with E-state index in [1.54, 1.807) is 7.11 Å². The van der Waals surface area contributed by atoms with Gasteiger partial charge in [0.1, 0.15) is 0 Å². The minimum Gasteiger partial charge on any atom is -0.380 e. The first-order valence-corrected chi connectivity index (χ1v) is 7.33. The third-order valence-electron chi connectivity index (χ3n) is 3.59. The smallest absolute Gasteiger partial charge is 0.244 e. The molecule has 2 heterocycles. The van der Waals surface area contributed by atoms with Crippen LogP contribution < -0.4 is 5.32 Å². The molecule has 1 fully saturated rings. The summed E-state index contributed by atoms with van der Waals surface area (Å²) in [5.74, 6) is 1.24. The molecule has 1 N–H and O–H groups in total. The Morgan fingerprint density at radius 1 is 1.45 bits per heavy atom. The normalized spacial score (nSPS) is 22.4. The van der Waals surface area contributed by atoms with Crippen molar-refractivity contribution in [2.24, 2.45) is 0 Å². The summed E-state index contributed by atoms with van der Waals surface area (Å²) in [5.41, 5.74) is 2.12. The van der Waals surface area contributed by atoms with Crippen molar-refractivity contribution in [2.45, 2.75) is 25.5 Å². The fourth-order valence-electron chi connectivity index (χ4n) is 2.30. The second-order valence-corrected chi connectivity index (χ2v) is 5.83. The Morgan fingerprint density at radius 3 is 3.00 bits per heavy atom. The van der Waals surface area contributed by atoms with Gasteiger partial charge < -0.3 is 14.6 Å². The number of hydrogen-bond acceptors (Lipinski definition) is 5. The van der Waals surface area contributed by atoms with Crippen LogP contribution in [0.15, 0.2) is 27.2 Å². The molecule has 1 aliphatic rings. The van der Waals surface area contributed by atoms with E-state index >= 15 is 0 Å². The highest BCUT2D eigenvalue weighted by atomic mass is 79.9. The fraction of sp³-hybridized carbons (Fsp3) is 0.429. The zero-order valence-electron chi connectivity index (χ0n) is 11.4. The first-order chi connectivity index (χ1) is 9.67. The van der Waals surface area contributed by atoms with Crippen molar-refractivity contribution in [3.63, 3.8) is 0 Å². The third-order valence-corrected chi connectivity index (χ3v) is 4.45. The average molecular weight is 338 g/mol. The van der Waals surface area contributed by atoms with E-state index in [1.807, 2.05) is 25.1 Å². The van der Waals surface area contributed by atoms with Gasteiger partial charge in [-0.1, -0.05) is 33.2 Å². The lowest BCUT2D eigenvalue weighted by atomic mass is 10.1. The van der Waals surface area contributed by atoms with Crippen LogP contribution in [0.25, 0.3) is 11.4 Å². The van der Waals surface area contributed by atoms with Crippen LogP contribution in [0.5, 0.6) is 0 Å². The summed E-state index contributed by atoms with van der Waals surface area (Å²) in [7, 11) is 1.72. The van der Waals surface area contributed by atoms with Gasteiger partial charge in [0.05, 0.1) is 12.1 Å². The summed E-state index contributed by atoms with van der Waals surface area (Å²) in [6.07, 6.45) is 1.07. The molecule has 106 valence electrons. The van der Waals surface area contributed by atoms with Gasteiger partial charge >= 0.3 is 0 Å². The SMILES string of the molecule is COC1CNC(c2nc(-c3ccc(C)c(Br)c3)no2)C1. The van der Waals surface area contributed by atoms with Crippen molar-refractivity contribution >= 4 is 15.9 Å². The Morgan fingerprint density at radius 2 is 2.30 bits per heavy atom. The largest absolute Gasteiger partial charge is 0.380 e. The molecule has 6 heteroatoms. The molecular weight excluding hydrogens is 322 g/mol. The first-order valence-electron chi connectivity index (χ1n) is 6.53. The molecule has 5 nitrogen and oxygen atoms in total. The Kier molecular flexibility index (Phi) is 3.87. The summed E-state index contributed by atoms with van der Waals surface area (Å²) in [6, 6.07) is 6.11. The molecule has 0 aliphatic carbocycles. The third kappa shape index (κ3) is 2.63. The molecule has 2 aromatic rings. The Balaban J connectivity index is 1.81. The number of nitrogens with zero attached hydrogens (tertiary/aromatic N) is 2. The lowest BCUT2D eigenvalue weighted by molar-refractivity contribution is 0.116. The molecule has 1 saturated heterocycles. The molecule has 0 amide bonds. The second kappa shape index (κ2) is 5.63. The summed E-state index contributed by atoms with van der Waals surface area (Å²) in [6.45, 7) is 2.86. The van der Waals surface area contributed by atoms with Gasteiger partial charge in [-0.25, -0.2) is 0 Å². The number of aryl methyl sites for hydroxylation is 1. The van der Waals surface area contributed by atoms with Crippen molar-refractivity contribution in [1.82, 2.24) is 15.5 Å². The topological polar surface area (TPSA) is 60.2 Å². The molecule has 3 rings (SSSR count). The fourth-order valence-corrected chi connectivity index (χ4v) is 2.68. The van der Waals surface area contributed by atoms with Crippen molar-refractivity contribution in [1.29, 1.82) is 0 Å². The van der Waals surface area contributed by atoms with Crippen LogP contribution in [0.2, 0.25) is 0 Å². The van der Waals surface area contributed by atoms with Crippen LogP contribution >= 0.6 is 15.9 Å². The monoisotopic (exact) mass is 337 g/mol. The zero-order chi connectivity index (χ0) is 14.1. The van der Waals surface area contributed by atoms with Gasteiger partial charge in [-0.15, -0.1) is 0 Å². The molecule has 2 unspecified atom stereocenters. The number of ether oxygens (including phenoxy) is 1. The molecule has 1 aromatic heterocycles. The highest BCUT2D eigenvalue weighted by Crippen LogP contribution is 2.27. The molecular formula is C14H16BrN3O2. The Hall–Kier alpha value is -1.24. The van der Waals surface area contributed by atoms with Crippen LogP contribution in [0.4, 0.5) is 0 Å². The average Bonchev–Trinajstić information content (AvgIpc) is 3.09. The molecule has 2 atom stereocenters. The predicted octanol–water partition coefficient (Wildman–Crippen LogP) is 2.86. The van der Waals surface area contributed by atoms with Crippen LogP contribution in [0, 0.1) is 6.92 Å². The van der Waals surface area contributed by atoms with E-state index in [1.165, 1.54) is 5.56 Å². The van der Waals surface area contributed by atoms with E-state index in [9.17, 15) is 0 Å². The van der Waals surface area contributed by atoms with Crippen LogP contribution in [0.1, 0.15) is 23.9 Å². The predicted molar refractivity (Wildman–Crippen MR) is 78.3 cm³/mol. The van der Waals surface area contributed by atoms with Gasteiger partial charge in [-0.2, -0.15) is 4.98 Å². The molecule has 0 spiro atoms. The number of methoxy groups -OCH3 is 1. The molecule has 0 bridgehead atoms. The van der Waals surface area contributed by atoms with Gasteiger partial charge in [-0.3, -0.25) is 0 Å². The Bertz CT molecular complexity index is 614. The van der Waals surface area contributed by atoms with Crippen molar-refractivity contribution in [3.8, 4) is 11.4 Å². The quantitative estimate of drug-likeness (QED) is 0.933. The van der Waals surface area contributed by atoms with Crippen molar-refractivity contribution < 1.29 is 9.26 Å². The number of benzene rings is 1. The molecule has 0 saturated carbocycles. The summed E-state index contributed by atoms with van der Waals surface area (Å²) < 4.78 is 11.7. The van der Waals surface area contributed by atoms with Gasteiger partial charge in [0.2, 0.25) is 11.7 Å². The summed E-state index contributed by atoms with van der Waals surface area (Å²) in [5, 5.41) is 7.39. The van der Waals surface area contributed by atoms with Gasteiger partial charge in [0, 0.05) is 23.7 Å². The maximum Gasteiger partial charge on any atom is 0.244 e. The first kappa shape index (κ1) is 13.7. The number of halogens is 1. The maximum absolute atomic E-state index is 5.37. The number of rotatable bonds is 3. The lowest BCUT2D eigenvalue weighted by Crippen LogP contribution is -2.16. The standard InChI is InChI=1S/C14H16BrN3O2/c1-8-3-4-9(5-11(8)15)13-17-14(20-18-13)12-6-10(19-2)7-16-12/h3-5,10,12,16H,6-7H2,1-2H3. The molecule has 1 aromatic carbocycles. The van der Waals surface area contributed by atoms with Crippen LogP contribution in [-0.4, -0.2) is 29.9 Å². The maximum atomic E-state index is 5.37. The van der Waals surface area contributed by atoms with E-state index < -0.39 is 0 Å². The minimum absolute atomic E-state index is 0.0788. The summed E-state index contributed by atoms with van der Waals surface area (Å²) in [4.78, 5) is 4.49. The lowest BCUT2D eigenvalue weighted by Gasteiger charge is -2.04. The van der Waals surface area contributed by atoms with E-state index in [2.05, 4.69) is 31.4 Å². The van der Waals surface area contributed by atoms with E-state index in [-0.39, 0.29) is 12.1 Å². The van der Waals surface area contributed by atoms with Crippen molar-refractivity contribution in [3.05, 3.63) is 34.1 Å². The van der Waals surface area contributed by atoms with Crippen LogP contribution in [-0.2, 0) is 4.74 Å². The zero-order valence-corrected chi connectivity index (χ0v) is 13.0. The van der Waals surface area contributed by atoms with E-state index in [0.717, 1.165) is 23.0 Å². The molecule has 0 radical (unpaired) electrons. The van der Waals surface area contributed by atoms with E-state index in [0.29, 0.717) is 11.7 Å². The highest BCUT2D eigenvalue weighted by molar-refractivity contribution is 9.10. The highest BCUT2D eigenvalue weighted by Gasteiger charge is 2.29. The Labute approximate surface area is 125 Å². The summed E-state index contributed by atoms with van der Waals surface area (Å²) >= 11 is 3.52. The minimum atomic E-state index is 0.0788. The number of aromatic nitrogens is 2. The van der Waals surface area contributed by atoms with Crippen molar-refractivity contribution in [2.75, 3.05) is 13.7 Å². The molecule has 1 aliphatic heterocycles. The van der Waals surface area contributed by atoms with Gasteiger partial charge in [0.25, 0.3) is 0 Å². The molecule has 20 heavy (non-hydrogen) atoms. The van der Waals surface area contributed by atoms with Crippen LogP contribution in [0.3, 0.4) is 0 Å². The van der Waals surface area contributed by atoms with Gasteiger partial charge in [0.15, 0.2) is 0 Å². The number of hydrogen-bond donors (Lipinski definition) is 1. The van der Waals surface area contributed by atoms with Gasteiger partial charge in [-0.05, 0) is 25.0 Å².